The molecule has 1 aliphatic heterocycles. The van der Waals surface area contributed by atoms with Crippen LogP contribution >= 0.6 is 0 Å². The number of carbonyl (C=O) groups is 1. The number of aliphatic hydroxyl groups is 1. The fraction of sp³-hybridized carbons (Fsp3) is 0.533. The van der Waals surface area contributed by atoms with Crippen molar-refractivity contribution >= 4 is 5.91 Å². The van der Waals surface area contributed by atoms with Crippen molar-refractivity contribution in [2.24, 2.45) is 5.41 Å². The van der Waals surface area contributed by atoms with Crippen LogP contribution in [0.5, 0.6) is 0 Å². The number of nitrogens with zero attached hydrogens (tertiary/aromatic N) is 1. The molecule has 1 heterocycles. The molecule has 2 aliphatic rings. The smallest absolute Gasteiger partial charge is 0.254 e. The largest absolute Gasteiger partial charge is 0.396 e. The quantitative estimate of drug-likeness (QED) is 0.879. The Kier molecular flexibility index (Phi) is 2.86. The van der Waals surface area contributed by atoms with Crippen molar-refractivity contribution in [1.82, 2.24) is 4.90 Å². The van der Waals surface area contributed by atoms with Crippen molar-refractivity contribution in [3.05, 3.63) is 35.4 Å². The Bertz CT molecular complexity index is 465. The van der Waals surface area contributed by atoms with E-state index < -0.39 is 0 Å². The van der Waals surface area contributed by atoms with E-state index in [2.05, 4.69) is 0 Å². The second kappa shape index (κ2) is 4.39. The highest BCUT2D eigenvalue weighted by Crippen LogP contribution is 2.49. The highest BCUT2D eigenvalue weighted by atomic mass is 16.3. The van der Waals surface area contributed by atoms with Gasteiger partial charge in [0.15, 0.2) is 0 Å². The highest BCUT2D eigenvalue weighted by molar-refractivity contribution is 5.96. The molecule has 1 amide bonds. The van der Waals surface area contributed by atoms with E-state index in [1.54, 1.807) is 0 Å². The molecule has 0 spiro atoms. The van der Waals surface area contributed by atoms with Crippen LogP contribution in [-0.2, 0) is 6.42 Å². The molecule has 96 valence electrons. The van der Waals surface area contributed by atoms with Gasteiger partial charge in [-0.3, -0.25) is 4.79 Å². The molecule has 1 aromatic carbocycles. The topological polar surface area (TPSA) is 40.5 Å². The predicted octanol–water partition coefficient (Wildman–Crippen LogP) is 1.85. The molecule has 0 unspecified atom stereocenters. The lowest BCUT2D eigenvalue weighted by Gasteiger charge is -2.31. The second-order valence-corrected chi connectivity index (χ2v) is 5.61. The van der Waals surface area contributed by atoms with Gasteiger partial charge in [-0.25, -0.2) is 0 Å². The number of benzene rings is 1. The van der Waals surface area contributed by atoms with Gasteiger partial charge < -0.3 is 10.0 Å². The monoisotopic (exact) mass is 245 g/mol. The van der Waals surface area contributed by atoms with Gasteiger partial charge in [0.1, 0.15) is 0 Å². The van der Waals surface area contributed by atoms with Crippen LogP contribution in [0.2, 0.25) is 0 Å². The number of hydrogen-bond acceptors (Lipinski definition) is 2. The summed E-state index contributed by atoms with van der Waals surface area (Å²) < 4.78 is 0. The van der Waals surface area contributed by atoms with Crippen LogP contribution in [0.25, 0.3) is 0 Å². The number of aliphatic hydroxyl groups excluding tert-OH is 1. The fourth-order valence-electron chi connectivity index (χ4n) is 2.93. The lowest BCUT2D eigenvalue weighted by atomic mass is 9.96. The molecule has 1 saturated carbocycles. The Morgan fingerprint density at radius 3 is 2.78 bits per heavy atom. The van der Waals surface area contributed by atoms with Crippen LogP contribution in [0.15, 0.2) is 24.3 Å². The molecule has 0 bridgehead atoms. The molecule has 1 aliphatic carbocycles. The predicted molar refractivity (Wildman–Crippen MR) is 69.4 cm³/mol. The van der Waals surface area contributed by atoms with E-state index in [4.69, 9.17) is 5.11 Å². The van der Waals surface area contributed by atoms with E-state index in [-0.39, 0.29) is 17.9 Å². The maximum absolute atomic E-state index is 12.4. The molecule has 1 fully saturated rings. The number of fused-ring (bicyclic) bond motifs is 1. The summed E-state index contributed by atoms with van der Waals surface area (Å²) in [5, 5.41) is 9.09. The molecular formula is C15H19NO2. The zero-order valence-corrected chi connectivity index (χ0v) is 10.6. The molecular weight excluding hydrogens is 226 g/mol. The summed E-state index contributed by atoms with van der Waals surface area (Å²) in [4.78, 5) is 14.4. The fourth-order valence-corrected chi connectivity index (χ4v) is 2.93. The van der Waals surface area contributed by atoms with Gasteiger partial charge in [-0.2, -0.15) is 0 Å². The molecule has 18 heavy (non-hydrogen) atoms. The average molecular weight is 245 g/mol. The van der Waals surface area contributed by atoms with Gasteiger partial charge in [0, 0.05) is 25.3 Å². The van der Waals surface area contributed by atoms with E-state index >= 15 is 0 Å². The third-order valence-electron chi connectivity index (χ3n) is 4.31. The Morgan fingerprint density at radius 2 is 2.06 bits per heavy atom. The molecule has 3 nitrogen and oxygen atoms in total. The molecule has 0 atom stereocenters. The first-order chi connectivity index (χ1) is 8.74. The van der Waals surface area contributed by atoms with Crippen LogP contribution in [0, 0.1) is 5.41 Å². The summed E-state index contributed by atoms with van der Waals surface area (Å²) in [5.41, 5.74) is 2.26. The first kappa shape index (κ1) is 11.7. The van der Waals surface area contributed by atoms with Crippen molar-refractivity contribution in [2.75, 3.05) is 19.7 Å². The van der Waals surface area contributed by atoms with E-state index in [0.29, 0.717) is 0 Å². The van der Waals surface area contributed by atoms with Gasteiger partial charge in [0.05, 0.1) is 0 Å². The minimum atomic E-state index is 0.168. The van der Waals surface area contributed by atoms with Gasteiger partial charge in [0.2, 0.25) is 0 Å². The third-order valence-corrected chi connectivity index (χ3v) is 4.31. The van der Waals surface area contributed by atoms with Crippen molar-refractivity contribution in [3.8, 4) is 0 Å². The maximum atomic E-state index is 12.4. The minimum Gasteiger partial charge on any atom is -0.396 e. The standard InChI is InChI=1S/C15H19NO2/c17-10-8-15(6-7-15)11-16-9-5-12-3-1-2-4-13(12)14(16)18/h1-4,17H,5-11H2. The first-order valence-electron chi connectivity index (χ1n) is 6.72. The summed E-state index contributed by atoms with van der Waals surface area (Å²) in [7, 11) is 0. The third kappa shape index (κ3) is 2.03. The van der Waals surface area contributed by atoms with Crippen LogP contribution in [0.3, 0.4) is 0 Å². The summed E-state index contributed by atoms with van der Waals surface area (Å²) in [6, 6.07) is 7.90. The number of amides is 1. The van der Waals surface area contributed by atoms with E-state index in [0.717, 1.165) is 44.3 Å². The van der Waals surface area contributed by atoms with Crippen LogP contribution in [0.1, 0.15) is 35.2 Å². The average Bonchev–Trinajstić information content (AvgIpc) is 3.14. The molecule has 0 aromatic heterocycles. The first-order valence-corrected chi connectivity index (χ1v) is 6.72. The van der Waals surface area contributed by atoms with Crippen molar-refractivity contribution in [2.45, 2.75) is 25.7 Å². The Balaban J connectivity index is 1.75. The summed E-state index contributed by atoms with van der Waals surface area (Å²) in [6.45, 7) is 1.88. The van der Waals surface area contributed by atoms with Gasteiger partial charge in [-0.15, -0.1) is 0 Å². The van der Waals surface area contributed by atoms with Crippen molar-refractivity contribution in [1.29, 1.82) is 0 Å². The molecule has 3 rings (SSSR count). The van der Waals surface area contributed by atoms with Gasteiger partial charge >= 0.3 is 0 Å². The molecule has 0 radical (unpaired) electrons. The lowest BCUT2D eigenvalue weighted by molar-refractivity contribution is 0.0687. The van der Waals surface area contributed by atoms with Gasteiger partial charge in [-0.1, -0.05) is 18.2 Å². The van der Waals surface area contributed by atoms with Crippen LogP contribution in [-0.4, -0.2) is 35.6 Å². The molecule has 3 heteroatoms. The van der Waals surface area contributed by atoms with Crippen LogP contribution in [0.4, 0.5) is 0 Å². The van der Waals surface area contributed by atoms with Crippen LogP contribution < -0.4 is 0 Å². The number of carbonyl (C=O) groups excluding carboxylic acids is 1. The maximum Gasteiger partial charge on any atom is 0.254 e. The van der Waals surface area contributed by atoms with E-state index in [1.807, 2.05) is 29.2 Å². The summed E-state index contributed by atoms with van der Waals surface area (Å²) in [5.74, 6) is 0.168. The Hall–Kier alpha value is -1.35. The number of hydrogen-bond donors (Lipinski definition) is 1. The molecule has 0 saturated heterocycles. The van der Waals surface area contributed by atoms with E-state index in [9.17, 15) is 4.79 Å². The zero-order valence-electron chi connectivity index (χ0n) is 10.6. The highest BCUT2D eigenvalue weighted by Gasteiger charge is 2.44. The summed E-state index contributed by atoms with van der Waals surface area (Å²) >= 11 is 0. The van der Waals surface area contributed by atoms with E-state index in [1.165, 1.54) is 5.56 Å². The second-order valence-electron chi connectivity index (χ2n) is 5.61. The SMILES string of the molecule is O=C1c2ccccc2CCN1CC1(CCO)CC1. The molecule has 1 N–H and O–H groups in total. The summed E-state index contributed by atoms with van der Waals surface area (Å²) in [6.07, 6.45) is 4.09. The Labute approximate surface area is 107 Å². The zero-order chi connectivity index (χ0) is 12.6. The van der Waals surface area contributed by atoms with Crippen molar-refractivity contribution < 1.29 is 9.90 Å². The normalized spacial score (nSPS) is 20.7. The van der Waals surface area contributed by atoms with Crippen molar-refractivity contribution in [3.63, 3.8) is 0 Å². The Morgan fingerprint density at radius 1 is 1.28 bits per heavy atom. The lowest BCUT2D eigenvalue weighted by Crippen LogP contribution is -2.41. The minimum absolute atomic E-state index is 0.168. The van der Waals surface area contributed by atoms with Gasteiger partial charge in [0.25, 0.3) is 5.91 Å². The molecule has 1 aromatic rings. The number of rotatable bonds is 4. The van der Waals surface area contributed by atoms with Gasteiger partial charge in [-0.05, 0) is 42.7 Å².